The van der Waals surface area contributed by atoms with Crippen LogP contribution in [0, 0.1) is 0 Å². The lowest BCUT2D eigenvalue weighted by Crippen LogP contribution is -2.40. The van der Waals surface area contributed by atoms with E-state index in [-0.39, 0.29) is 18.9 Å². The number of ether oxygens (including phenoxy) is 2. The SMILES string of the molecule is CCCc1nc(C(=O)N(CC(=O)OC)CC(=O)OC)n[nH]1. The highest BCUT2D eigenvalue weighted by Gasteiger charge is 2.25. The van der Waals surface area contributed by atoms with Crippen molar-refractivity contribution < 1.29 is 23.9 Å². The van der Waals surface area contributed by atoms with Gasteiger partial charge in [0.05, 0.1) is 14.2 Å². The number of hydrogen-bond acceptors (Lipinski definition) is 7. The zero-order chi connectivity index (χ0) is 15.8. The van der Waals surface area contributed by atoms with Gasteiger partial charge in [-0.2, -0.15) is 0 Å². The lowest BCUT2D eigenvalue weighted by atomic mass is 10.3. The van der Waals surface area contributed by atoms with E-state index in [9.17, 15) is 14.4 Å². The van der Waals surface area contributed by atoms with Gasteiger partial charge in [0.1, 0.15) is 18.9 Å². The van der Waals surface area contributed by atoms with Gasteiger partial charge in [0.2, 0.25) is 5.82 Å². The fourth-order valence-electron chi connectivity index (χ4n) is 1.52. The van der Waals surface area contributed by atoms with Crippen molar-refractivity contribution in [2.24, 2.45) is 0 Å². The third kappa shape index (κ3) is 4.86. The molecule has 0 saturated carbocycles. The molecule has 0 fully saturated rings. The molecule has 1 rings (SSSR count). The van der Waals surface area contributed by atoms with Crippen LogP contribution >= 0.6 is 0 Å². The molecule has 1 N–H and O–H groups in total. The highest BCUT2D eigenvalue weighted by atomic mass is 16.5. The summed E-state index contributed by atoms with van der Waals surface area (Å²) >= 11 is 0. The van der Waals surface area contributed by atoms with Crippen molar-refractivity contribution in [2.75, 3.05) is 27.3 Å². The maximum atomic E-state index is 12.2. The largest absolute Gasteiger partial charge is 0.468 e. The van der Waals surface area contributed by atoms with E-state index in [1.165, 1.54) is 14.2 Å². The van der Waals surface area contributed by atoms with Crippen LogP contribution in [0.15, 0.2) is 0 Å². The van der Waals surface area contributed by atoms with Crippen molar-refractivity contribution in [3.63, 3.8) is 0 Å². The van der Waals surface area contributed by atoms with Crippen LogP contribution in [0.3, 0.4) is 0 Å². The average molecular weight is 298 g/mol. The van der Waals surface area contributed by atoms with Gasteiger partial charge in [-0.05, 0) is 6.42 Å². The molecule has 21 heavy (non-hydrogen) atoms. The van der Waals surface area contributed by atoms with Gasteiger partial charge >= 0.3 is 11.9 Å². The number of nitrogens with one attached hydrogen (secondary N) is 1. The van der Waals surface area contributed by atoms with Crippen LogP contribution in [-0.4, -0.2) is 65.2 Å². The number of nitrogens with zero attached hydrogens (tertiary/aromatic N) is 3. The summed E-state index contributed by atoms with van der Waals surface area (Å²) in [6.45, 7) is 1.19. The van der Waals surface area contributed by atoms with Gasteiger partial charge < -0.3 is 14.4 Å². The first-order chi connectivity index (χ1) is 10.0. The Morgan fingerprint density at radius 3 is 2.19 bits per heavy atom. The molecule has 0 aliphatic rings. The first-order valence-corrected chi connectivity index (χ1v) is 6.36. The smallest absolute Gasteiger partial charge is 0.325 e. The van der Waals surface area contributed by atoms with Crippen molar-refractivity contribution in [1.29, 1.82) is 0 Å². The van der Waals surface area contributed by atoms with Crippen LogP contribution in [0.5, 0.6) is 0 Å². The number of carbonyl (C=O) groups is 3. The minimum absolute atomic E-state index is 0.105. The van der Waals surface area contributed by atoms with Crippen molar-refractivity contribution in [1.82, 2.24) is 20.1 Å². The summed E-state index contributed by atoms with van der Waals surface area (Å²) in [6.07, 6.45) is 1.49. The van der Waals surface area contributed by atoms with Crippen molar-refractivity contribution in [2.45, 2.75) is 19.8 Å². The molecule has 1 amide bonds. The van der Waals surface area contributed by atoms with E-state index < -0.39 is 17.8 Å². The number of hydrogen-bond donors (Lipinski definition) is 1. The number of aromatic amines is 1. The Labute approximate surface area is 121 Å². The molecule has 0 aliphatic carbocycles. The molecule has 0 bridgehead atoms. The Morgan fingerprint density at radius 1 is 1.14 bits per heavy atom. The standard InChI is InChI=1S/C12H18N4O5/c1-4-5-8-13-11(15-14-8)12(19)16(6-9(17)20-2)7-10(18)21-3/h4-7H2,1-3H3,(H,13,14,15). The third-order valence-electron chi connectivity index (χ3n) is 2.59. The maximum absolute atomic E-state index is 12.2. The fraction of sp³-hybridized carbons (Fsp3) is 0.583. The summed E-state index contributed by atoms with van der Waals surface area (Å²) < 4.78 is 8.98. The van der Waals surface area contributed by atoms with Gasteiger partial charge in [-0.15, -0.1) is 5.10 Å². The molecule has 1 heterocycles. The molecule has 9 nitrogen and oxygen atoms in total. The number of H-pyrrole nitrogens is 1. The molecule has 9 heteroatoms. The summed E-state index contributed by atoms with van der Waals surface area (Å²) in [7, 11) is 2.38. The summed E-state index contributed by atoms with van der Waals surface area (Å²) in [5, 5.41) is 6.43. The molecule has 0 spiro atoms. The lowest BCUT2D eigenvalue weighted by molar-refractivity contribution is -0.144. The second-order valence-corrected chi connectivity index (χ2v) is 4.17. The van der Waals surface area contributed by atoms with E-state index >= 15 is 0 Å². The van der Waals surface area contributed by atoms with Gasteiger partial charge in [-0.3, -0.25) is 19.5 Å². The fourth-order valence-corrected chi connectivity index (χ4v) is 1.52. The van der Waals surface area contributed by atoms with Crippen LogP contribution in [0.25, 0.3) is 0 Å². The van der Waals surface area contributed by atoms with Crippen LogP contribution in [0.2, 0.25) is 0 Å². The predicted octanol–water partition coefficient (Wildman–Crippen LogP) is -0.455. The van der Waals surface area contributed by atoms with E-state index in [0.717, 1.165) is 11.3 Å². The Hall–Kier alpha value is -2.45. The minimum atomic E-state index is -0.656. The quantitative estimate of drug-likeness (QED) is 0.678. The summed E-state index contributed by atoms with van der Waals surface area (Å²) in [5.41, 5.74) is 0. The summed E-state index contributed by atoms with van der Waals surface area (Å²) in [5.74, 6) is -1.50. The predicted molar refractivity (Wildman–Crippen MR) is 70.3 cm³/mol. The second kappa shape index (κ2) is 7.98. The Balaban J connectivity index is 2.86. The second-order valence-electron chi connectivity index (χ2n) is 4.17. The highest BCUT2D eigenvalue weighted by molar-refractivity contribution is 5.94. The molecular formula is C12H18N4O5. The van der Waals surface area contributed by atoms with Gasteiger partial charge in [-0.1, -0.05) is 6.92 Å². The summed E-state index contributed by atoms with van der Waals surface area (Å²) in [4.78, 5) is 39.9. The number of amides is 1. The Morgan fingerprint density at radius 2 is 1.71 bits per heavy atom. The number of carbonyl (C=O) groups excluding carboxylic acids is 3. The van der Waals surface area contributed by atoms with Crippen LogP contribution in [-0.2, 0) is 25.5 Å². The molecule has 1 aromatic heterocycles. The molecule has 0 saturated heterocycles. The minimum Gasteiger partial charge on any atom is -0.468 e. The normalized spacial score (nSPS) is 10.0. The van der Waals surface area contributed by atoms with Crippen molar-refractivity contribution >= 4 is 17.8 Å². The van der Waals surface area contributed by atoms with Crippen molar-refractivity contribution in [3.8, 4) is 0 Å². The van der Waals surface area contributed by atoms with Crippen LogP contribution < -0.4 is 0 Å². The number of rotatable bonds is 7. The topological polar surface area (TPSA) is 114 Å². The van der Waals surface area contributed by atoms with E-state index in [2.05, 4.69) is 24.7 Å². The number of methoxy groups -OCH3 is 2. The van der Waals surface area contributed by atoms with Crippen LogP contribution in [0.4, 0.5) is 0 Å². The third-order valence-corrected chi connectivity index (χ3v) is 2.59. The molecule has 0 aliphatic heterocycles. The molecule has 0 radical (unpaired) electrons. The van der Waals surface area contributed by atoms with Crippen LogP contribution in [0.1, 0.15) is 29.8 Å². The molecule has 0 aromatic carbocycles. The van der Waals surface area contributed by atoms with Gasteiger partial charge in [0.25, 0.3) is 5.91 Å². The molecule has 0 unspecified atom stereocenters. The van der Waals surface area contributed by atoms with Gasteiger partial charge in [-0.25, -0.2) is 4.98 Å². The molecule has 116 valence electrons. The zero-order valence-electron chi connectivity index (χ0n) is 12.2. The van der Waals surface area contributed by atoms with Crippen molar-refractivity contribution in [3.05, 3.63) is 11.6 Å². The Bertz CT molecular complexity index is 496. The highest BCUT2D eigenvalue weighted by Crippen LogP contribution is 2.03. The van der Waals surface area contributed by atoms with E-state index in [1.54, 1.807) is 0 Å². The first kappa shape index (κ1) is 16.6. The maximum Gasteiger partial charge on any atom is 0.325 e. The van der Waals surface area contributed by atoms with E-state index in [1.807, 2.05) is 6.92 Å². The molecular weight excluding hydrogens is 280 g/mol. The summed E-state index contributed by atoms with van der Waals surface area (Å²) in [6, 6.07) is 0. The lowest BCUT2D eigenvalue weighted by Gasteiger charge is -2.18. The van der Waals surface area contributed by atoms with Gasteiger partial charge in [0.15, 0.2) is 0 Å². The van der Waals surface area contributed by atoms with E-state index in [0.29, 0.717) is 12.2 Å². The number of aryl methyl sites for hydroxylation is 1. The number of esters is 2. The molecule has 0 atom stereocenters. The zero-order valence-corrected chi connectivity index (χ0v) is 12.2. The van der Waals surface area contributed by atoms with Gasteiger partial charge in [0, 0.05) is 6.42 Å². The first-order valence-electron chi connectivity index (χ1n) is 6.36. The monoisotopic (exact) mass is 298 g/mol. The average Bonchev–Trinajstić information content (AvgIpc) is 2.94. The van der Waals surface area contributed by atoms with E-state index in [4.69, 9.17) is 0 Å². The molecule has 1 aromatic rings. The number of aromatic nitrogens is 3. The Kier molecular flexibility index (Phi) is 6.31.